The molecular weight excluding hydrogens is 257 g/mol. The lowest BCUT2D eigenvalue weighted by atomic mass is 10.1. The number of nitrogens with zero attached hydrogens (tertiary/aromatic N) is 2. The minimum Gasteiger partial charge on any atom is -0.372 e. The van der Waals surface area contributed by atoms with Crippen LogP contribution in [-0.4, -0.2) is 22.9 Å². The molecule has 20 heavy (non-hydrogen) atoms. The molecule has 1 aromatic carbocycles. The Balaban J connectivity index is 1.80. The van der Waals surface area contributed by atoms with E-state index in [1.165, 1.54) is 17.7 Å². The maximum atomic E-state index is 13.1. The van der Waals surface area contributed by atoms with Crippen LogP contribution in [0, 0.1) is 5.82 Å². The lowest BCUT2D eigenvalue weighted by Crippen LogP contribution is -2.06. The summed E-state index contributed by atoms with van der Waals surface area (Å²) in [6.45, 7) is 1.74. The minimum absolute atomic E-state index is 0.116. The van der Waals surface area contributed by atoms with Gasteiger partial charge in [-0.3, -0.25) is 0 Å². The van der Waals surface area contributed by atoms with E-state index in [1.807, 2.05) is 4.68 Å². The molecule has 0 saturated carbocycles. The molecule has 104 valence electrons. The highest BCUT2D eigenvalue weighted by Gasteiger charge is 2.30. The Morgan fingerprint density at radius 1 is 1.30 bits per heavy atom. The second kappa shape index (κ2) is 4.59. The Morgan fingerprint density at radius 2 is 2.15 bits per heavy atom. The standard InChI is InChI=1S/C15H16FN3O/c16-10-3-5-11(6-4-10)19-15-12(7-8-17-15)14(18-19)13-2-1-9-20-13/h3-6,13,17H,1-2,7-9H2. The van der Waals surface area contributed by atoms with Crippen molar-refractivity contribution in [2.24, 2.45) is 0 Å². The Morgan fingerprint density at radius 3 is 2.90 bits per heavy atom. The molecule has 4 nitrogen and oxygen atoms in total. The fourth-order valence-corrected chi connectivity index (χ4v) is 3.02. The number of nitrogens with one attached hydrogen (secondary N) is 1. The largest absolute Gasteiger partial charge is 0.372 e. The van der Waals surface area contributed by atoms with Gasteiger partial charge in [0.05, 0.1) is 11.4 Å². The highest BCUT2D eigenvalue weighted by atomic mass is 19.1. The van der Waals surface area contributed by atoms with Crippen molar-refractivity contribution in [3.8, 4) is 5.69 Å². The Hall–Kier alpha value is -1.88. The first-order chi connectivity index (χ1) is 9.83. The van der Waals surface area contributed by atoms with Crippen LogP contribution >= 0.6 is 0 Å². The van der Waals surface area contributed by atoms with E-state index in [-0.39, 0.29) is 11.9 Å². The molecule has 1 aromatic heterocycles. The zero-order valence-corrected chi connectivity index (χ0v) is 11.1. The summed E-state index contributed by atoms with van der Waals surface area (Å²) in [4.78, 5) is 0. The van der Waals surface area contributed by atoms with E-state index < -0.39 is 0 Å². The summed E-state index contributed by atoms with van der Waals surface area (Å²) in [6, 6.07) is 6.43. The van der Waals surface area contributed by atoms with E-state index >= 15 is 0 Å². The average Bonchev–Trinajstić information content (AvgIpc) is 3.16. The van der Waals surface area contributed by atoms with Crippen molar-refractivity contribution in [1.29, 1.82) is 0 Å². The van der Waals surface area contributed by atoms with Crippen LogP contribution in [0.1, 0.15) is 30.2 Å². The molecule has 0 spiro atoms. The highest BCUT2D eigenvalue weighted by molar-refractivity contribution is 5.57. The van der Waals surface area contributed by atoms with Gasteiger partial charge < -0.3 is 10.1 Å². The third-order valence-corrected chi connectivity index (χ3v) is 3.99. The molecule has 1 saturated heterocycles. The molecule has 0 aliphatic carbocycles. The number of hydrogen-bond acceptors (Lipinski definition) is 3. The number of benzene rings is 1. The maximum Gasteiger partial charge on any atom is 0.133 e. The normalized spacial score (nSPS) is 20.9. The van der Waals surface area contributed by atoms with Crippen LogP contribution in [0.2, 0.25) is 0 Å². The van der Waals surface area contributed by atoms with E-state index in [0.717, 1.165) is 49.6 Å². The van der Waals surface area contributed by atoms with E-state index in [4.69, 9.17) is 9.84 Å². The first kappa shape index (κ1) is 11.9. The maximum absolute atomic E-state index is 13.1. The second-order valence-corrected chi connectivity index (χ2v) is 5.28. The van der Waals surface area contributed by atoms with Gasteiger partial charge in [-0.2, -0.15) is 5.10 Å². The van der Waals surface area contributed by atoms with Crippen LogP contribution in [0.15, 0.2) is 24.3 Å². The average molecular weight is 273 g/mol. The lowest BCUT2D eigenvalue weighted by molar-refractivity contribution is 0.107. The van der Waals surface area contributed by atoms with E-state index in [9.17, 15) is 4.39 Å². The first-order valence-corrected chi connectivity index (χ1v) is 7.06. The number of hydrogen-bond donors (Lipinski definition) is 1. The zero-order chi connectivity index (χ0) is 13.5. The summed E-state index contributed by atoms with van der Waals surface area (Å²) in [5.41, 5.74) is 3.18. The molecule has 0 amide bonds. The van der Waals surface area contributed by atoms with Crippen molar-refractivity contribution in [3.05, 3.63) is 41.3 Å². The van der Waals surface area contributed by atoms with Gasteiger partial charge in [0.1, 0.15) is 17.7 Å². The van der Waals surface area contributed by atoms with Crippen LogP contribution in [0.3, 0.4) is 0 Å². The van der Waals surface area contributed by atoms with Gasteiger partial charge in [0.15, 0.2) is 0 Å². The summed E-state index contributed by atoms with van der Waals surface area (Å²) in [6.07, 6.45) is 3.22. The molecule has 4 rings (SSSR count). The van der Waals surface area contributed by atoms with Crippen molar-refractivity contribution >= 4 is 5.82 Å². The molecular formula is C15H16FN3O. The molecule has 0 radical (unpaired) electrons. The molecule has 2 aromatic rings. The van der Waals surface area contributed by atoms with Crippen molar-refractivity contribution in [3.63, 3.8) is 0 Å². The van der Waals surface area contributed by atoms with Gasteiger partial charge in [-0.1, -0.05) is 0 Å². The summed E-state index contributed by atoms with van der Waals surface area (Å²) in [5, 5.41) is 8.10. The summed E-state index contributed by atoms with van der Waals surface area (Å²) in [7, 11) is 0. The quantitative estimate of drug-likeness (QED) is 0.914. The van der Waals surface area contributed by atoms with Gasteiger partial charge in [0.25, 0.3) is 0 Å². The van der Waals surface area contributed by atoms with E-state index in [2.05, 4.69) is 5.32 Å². The van der Waals surface area contributed by atoms with Crippen molar-refractivity contribution in [2.45, 2.75) is 25.4 Å². The Kier molecular flexibility index (Phi) is 2.73. The number of ether oxygens (including phenoxy) is 1. The van der Waals surface area contributed by atoms with Crippen molar-refractivity contribution < 1.29 is 9.13 Å². The van der Waals surface area contributed by atoms with Gasteiger partial charge in [-0.05, 0) is 43.5 Å². The summed E-state index contributed by atoms with van der Waals surface area (Å²) < 4.78 is 20.7. The molecule has 2 aliphatic rings. The third-order valence-electron chi connectivity index (χ3n) is 3.99. The van der Waals surface area contributed by atoms with Gasteiger partial charge >= 0.3 is 0 Å². The molecule has 5 heteroatoms. The number of rotatable bonds is 2. The zero-order valence-electron chi connectivity index (χ0n) is 11.1. The number of anilines is 1. The summed E-state index contributed by atoms with van der Waals surface area (Å²) in [5.74, 6) is 0.798. The smallest absolute Gasteiger partial charge is 0.133 e. The fraction of sp³-hybridized carbons (Fsp3) is 0.400. The SMILES string of the molecule is Fc1ccc(-n2nc(C3CCCO3)c3c2NCC3)cc1. The number of halogens is 1. The van der Waals surface area contributed by atoms with Crippen molar-refractivity contribution in [1.82, 2.24) is 9.78 Å². The van der Waals surface area contributed by atoms with E-state index in [0.29, 0.717) is 0 Å². The highest BCUT2D eigenvalue weighted by Crippen LogP contribution is 2.36. The minimum atomic E-state index is -0.232. The summed E-state index contributed by atoms with van der Waals surface area (Å²) >= 11 is 0. The van der Waals surface area contributed by atoms with Crippen LogP contribution in [-0.2, 0) is 11.2 Å². The lowest BCUT2D eigenvalue weighted by Gasteiger charge is -2.08. The van der Waals surface area contributed by atoms with Crippen LogP contribution in [0.5, 0.6) is 0 Å². The van der Waals surface area contributed by atoms with Crippen LogP contribution in [0.25, 0.3) is 5.69 Å². The topological polar surface area (TPSA) is 39.1 Å². The predicted molar refractivity (Wildman–Crippen MR) is 73.6 cm³/mol. The Labute approximate surface area is 116 Å². The van der Waals surface area contributed by atoms with Gasteiger partial charge in [0.2, 0.25) is 0 Å². The van der Waals surface area contributed by atoms with Gasteiger partial charge in [0, 0.05) is 18.7 Å². The molecule has 2 aliphatic heterocycles. The van der Waals surface area contributed by atoms with Crippen molar-refractivity contribution in [2.75, 3.05) is 18.5 Å². The van der Waals surface area contributed by atoms with E-state index in [1.54, 1.807) is 12.1 Å². The molecule has 1 unspecified atom stereocenters. The molecule has 1 atom stereocenters. The molecule has 1 N–H and O–H groups in total. The van der Waals surface area contributed by atoms with Gasteiger partial charge in [-0.15, -0.1) is 0 Å². The third kappa shape index (κ3) is 1.81. The fourth-order valence-electron chi connectivity index (χ4n) is 3.02. The molecule has 1 fully saturated rings. The number of fused-ring (bicyclic) bond motifs is 1. The number of aromatic nitrogens is 2. The predicted octanol–water partition coefficient (Wildman–Crippen LogP) is 2.83. The first-order valence-electron chi connectivity index (χ1n) is 7.06. The Bertz CT molecular complexity index is 629. The van der Waals surface area contributed by atoms with Crippen LogP contribution < -0.4 is 5.32 Å². The molecule has 3 heterocycles. The van der Waals surface area contributed by atoms with Crippen LogP contribution in [0.4, 0.5) is 10.2 Å². The monoisotopic (exact) mass is 273 g/mol. The molecule has 0 bridgehead atoms. The second-order valence-electron chi connectivity index (χ2n) is 5.28. The van der Waals surface area contributed by atoms with Gasteiger partial charge in [-0.25, -0.2) is 9.07 Å².